The van der Waals surface area contributed by atoms with E-state index in [-0.39, 0.29) is 11.4 Å². The van der Waals surface area contributed by atoms with Gasteiger partial charge in [0.15, 0.2) is 0 Å². The Morgan fingerprint density at radius 1 is 1.03 bits per heavy atom. The molecule has 0 atom stereocenters. The molecule has 0 spiro atoms. The van der Waals surface area contributed by atoms with E-state index in [4.69, 9.17) is 0 Å². The first-order valence-electron chi connectivity index (χ1n) is 11.6. The highest BCUT2D eigenvalue weighted by molar-refractivity contribution is 5.92. The molecule has 1 saturated heterocycles. The number of carbonyl (C=O) groups is 1. The van der Waals surface area contributed by atoms with Crippen molar-refractivity contribution in [1.82, 2.24) is 20.0 Å². The van der Waals surface area contributed by atoms with Gasteiger partial charge in [-0.15, -0.1) is 0 Å². The fourth-order valence-electron chi connectivity index (χ4n) is 4.30. The molecule has 1 saturated carbocycles. The molecule has 2 fully saturated rings. The van der Waals surface area contributed by atoms with Crippen LogP contribution in [0.15, 0.2) is 30.3 Å². The van der Waals surface area contributed by atoms with Crippen molar-refractivity contribution in [2.24, 2.45) is 0 Å². The number of hydrogen-bond donors (Lipinski definition) is 1. The number of amides is 1. The van der Waals surface area contributed by atoms with Gasteiger partial charge in [0.05, 0.1) is 5.54 Å². The first-order valence-corrected chi connectivity index (χ1v) is 11.6. The van der Waals surface area contributed by atoms with E-state index in [1.807, 2.05) is 10.7 Å². The lowest BCUT2D eigenvalue weighted by Gasteiger charge is -2.22. The Labute approximate surface area is 180 Å². The zero-order valence-corrected chi connectivity index (χ0v) is 18.8. The van der Waals surface area contributed by atoms with Gasteiger partial charge in [-0.1, -0.05) is 37.1 Å². The topological polar surface area (TPSA) is 50.2 Å². The van der Waals surface area contributed by atoms with Crippen molar-refractivity contribution in [2.75, 3.05) is 13.1 Å². The van der Waals surface area contributed by atoms with E-state index in [1.54, 1.807) is 0 Å². The smallest absolute Gasteiger partial charge is 0.272 e. The lowest BCUT2D eigenvalue weighted by molar-refractivity contribution is 0.0944. The molecule has 1 N–H and O–H groups in total. The summed E-state index contributed by atoms with van der Waals surface area (Å²) in [5, 5.41) is 7.69. The predicted octanol–water partition coefficient (Wildman–Crippen LogP) is 4.82. The molecule has 2 aliphatic rings. The molecule has 0 unspecified atom stereocenters. The Balaban J connectivity index is 1.34. The van der Waals surface area contributed by atoms with Crippen LogP contribution >= 0.6 is 0 Å². The number of rotatable bonds is 6. The minimum Gasteiger partial charge on any atom is -0.347 e. The third-order valence-electron chi connectivity index (χ3n) is 6.18. The monoisotopic (exact) mass is 408 g/mol. The van der Waals surface area contributed by atoms with E-state index in [9.17, 15) is 4.79 Å². The summed E-state index contributed by atoms with van der Waals surface area (Å²) < 4.78 is 2.04. The van der Waals surface area contributed by atoms with Crippen molar-refractivity contribution in [2.45, 2.75) is 83.8 Å². The Bertz CT molecular complexity index is 850. The molecule has 1 amide bonds. The average Bonchev–Trinajstić information content (AvgIpc) is 3.50. The van der Waals surface area contributed by atoms with Gasteiger partial charge in [0, 0.05) is 24.7 Å². The molecular formula is C25H36N4O. The van der Waals surface area contributed by atoms with Crippen LogP contribution in [0.4, 0.5) is 0 Å². The Morgan fingerprint density at radius 3 is 2.27 bits per heavy atom. The summed E-state index contributed by atoms with van der Waals surface area (Å²) in [4.78, 5) is 15.3. The summed E-state index contributed by atoms with van der Waals surface area (Å²) in [6.45, 7) is 10.4. The van der Waals surface area contributed by atoms with Crippen LogP contribution in [0.25, 0.3) is 0 Å². The van der Waals surface area contributed by atoms with Gasteiger partial charge >= 0.3 is 0 Å². The van der Waals surface area contributed by atoms with E-state index < -0.39 is 0 Å². The first-order chi connectivity index (χ1) is 14.4. The molecular weight excluding hydrogens is 372 g/mol. The second-order valence-corrected chi connectivity index (χ2v) is 10.0. The minimum atomic E-state index is -0.111. The van der Waals surface area contributed by atoms with Crippen LogP contribution < -0.4 is 5.32 Å². The van der Waals surface area contributed by atoms with Gasteiger partial charge in [-0.2, -0.15) is 5.10 Å². The summed E-state index contributed by atoms with van der Waals surface area (Å²) in [7, 11) is 0. The van der Waals surface area contributed by atoms with Crippen LogP contribution in [0.1, 0.15) is 92.5 Å². The van der Waals surface area contributed by atoms with Crippen molar-refractivity contribution in [1.29, 1.82) is 0 Å². The largest absolute Gasteiger partial charge is 0.347 e. The van der Waals surface area contributed by atoms with Crippen LogP contribution in [-0.2, 0) is 18.6 Å². The average molecular weight is 409 g/mol. The second kappa shape index (κ2) is 8.93. The summed E-state index contributed by atoms with van der Waals surface area (Å²) in [5.74, 6) is 0.476. The number of nitrogens with zero attached hydrogens (tertiary/aromatic N) is 3. The normalized spacial score (nSPS) is 18.2. The Kier molecular flexibility index (Phi) is 6.28. The lowest BCUT2D eigenvalue weighted by Crippen LogP contribution is -2.27. The highest BCUT2D eigenvalue weighted by atomic mass is 16.1. The van der Waals surface area contributed by atoms with Crippen LogP contribution in [0.2, 0.25) is 0 Å². The molecule has 162 valence electrons. The molecule has 1 aromatic heterocycles. The quantitative estimate of drug-likeness (QED) is 0.745. The molecule has 1 aromatic carbocycles. The number of benzene rings is 1. The molecule has 1 aliphatic carbocycles. The summed E-state index contributed by atoms with van der Waals surface area (Å²) in [5.41, 5.74) is 4.10. The first kappa shape index (κ1) is 21.1. The van der Waals surface area contributed by atoms with Crippen LogP contribution in [-0.4, -0.2) is 33.7 Å². The van der Waals surface area contributed by atoms with Crippen molar-refractivity contribution < 1.29 is 4.79 Å². The summed E-state index contributed by atoms with van der Waals surface area (Å²) in [6, 6.07) is 10.7. The molecule has 5 heteroatoms. The van der Waals surface area contributed by atoms with Gasteiger partial charge in [0.2, 0.25) is 0 Å². The Hall–Kier alpha value is -2.14. The lowest BCUT2D eigenvalue weighted by atomic mass is 10.1. The van der Waals surface area contributed by atoms with Crippen molar-refractivity contribution >= 4 is 5.91 Å². The van der Waals surface area contributed by atoms with Crippen LogP contribution in [0.5, 0.6) is 0 Å². The van der Waals surface area contributed by atoms with Crippen LogP contribution in [0, 0.1) is 0 Å². The second-order valence-electron chi connectivity index (χ2n) is 10.0. The van der Waals surface area contributed by atoms with E-state index in [0.717, 1.165) is 12.1 Å². The molecule has 1 aliphatic heterocycles. The summed E-state index contributed by atoms with van der Waals surface area (Å²) >= 11 is 0. The van der Waals surface area contributed by atoms with Crippen molar-refractivity contribution in [3.63, 3.8) is 0 Å². The molecule has 0 radical (unpaired) electrons. The van der Waals surface area contributed by atoms with Gasteiger partial charge in [-0.3, -0.25) is 14.4 Å². The van der Waals surface area contributed by atoms with Gasteiger partial charge in [0.25, 0.3) is 5.91 Å². The number of nitrogens with one attached hydrogen (secondary N) is 1. The highest BCUT2D eigenvalue weighted by Crippen LogP contribution is 2.41. The third kappa shape index (κ3) is 5.31. The molecule has 2 aromatic rings. The van der Waals surface area contributed by atoms with Crippen molar-refractivity contribution in [3.8, 4) is 0 Å². The number of likely N-dealkylation sites (tertiary alicyclic amines) is 1. The fourth-order valence-corrected chi connectivity index (χ4v) is 4.30. The maximum Gasteiger partial charge on any atom is 0.272 e. The third-order valence-corrected chi connectivity index (χ3v) is 6.18. The summed E-state index contributed by atoms with van der Waals surface area (Å²) in [6.07, 6.45) is 7.77. The standard InChI is InChI=1S/C25H36N4O/c1-25(2,3)29-23(21-12-13-21)16-22(27-29)24(30)26-17-19-8-10-20(11-9-19)18-28-14-6-4-5-7-15-28/h8-11,16,21H,4-7,12-15,17-18H2,1-3H3,(H,26,30). The molecule has 2 heterocycles. The predicted molar refractivity (Wildman–Crippen MR) is 121 cm³/mol. The zero-order valence-electron chi connectivity index (χ0n) is 18.8. The Morgan fingerprint density at radius 2 is 1.67 bits per heavy atom. The molecule has 4 rings (SSSR count). The van der Waals surface area contributed by atoms with E-state index in [0.29, 0.717) is 18.2 Å². The van der Waals surface area contributed by atoms with E-state index in [1.165, 1.54) is 62.9 Å². The van der Waals surface area contributed by atoms with Gasteiger partial charge in [0.1, 0.15) is 5.69 Å². The van der Waals surface area contributed by atoms with E-state index in [2.05, 4.69) is 60.4 Å². The van der Waals surface area contributed by atoms with Crippen molar-refractivity contribution in [3.05, 3.63) is 52.8 Å². The van der Waals surface area contributed by atoms with Gasteiger partial charge < -0.3 is 5.32 Å². The molecule has 0 bridgehead atoms. The molecule has 5 nitrogen and oxygen atoms in total. The number of aromatic nitrogens is 2. The van der Waals surface area contributed by atoms with Gasteiger partial charge in [-0.05, 0) is 76.7 Å². The minimum absolute atomic E-state index is 0.0893. The fraction of sp³-hybridized carbons (Fsp3) is 0.600. The number of carbonyl (C=O) groups excluding carboxylic acids is 1. The van der Waals surface area contributed by atoms with Crippen LogP contribution in [0.3, 0.4) is 0 Å². The maximum atomic E-state index is 12.7. The highest BCUT2D eigenvalue weighted by Gasteiger charge is 2.32. The zero-order chi connectivity index (χ0) is 21.1. The van der Waals surface area contributed by atoms with E-state index >= 15 is 0 Å². The van der Waals surface area contributed by atoms with Gasteiger partial charge in [-0.25, -0.2) is 0 Å². The molecule has 30 heavy (non-hydrogen) atoms. The number of hydrogen-bond acceptors (Lipinski definition) is 3. The SMILES string of the molecule is CC(C)(C)n1nc(C(=O)NCc2ccc(CN3CCCCCC3)cc2)cc1C1CC1. The maximum absolute atomic E-state index is 12.7.